The average Bonchev–Trinajstić information content (AvgIpc) is 2.72. The van der Waals surface area contributed by atoms with Gasteiger partial charge >= 0.3 is 11.9 Å². The minimum absolute atomic E-state index is 0.116. The lowest BCUT2D eigenvalue weighted by Gasteiger charge is -2.37. The van der Waals surface area contributed by atoms with E-state index in [-0.39, 0.29) is 24.3 Å². The second-order valence-corrected chi connectivity index (χ2v) is 7.36. The molecule has 1 aromatic rings. The van der Waals surface area contributed by atoms with E-state index in [1.165, 1.54) is 7.11 Å². The summed E-state index contributed by atoms with van der Waals surface area (Å²) in [5.41, 5.74) is 2.13. The molecule has 0 unspecified atom stereocenters. The Morgan fingerprint density at radius 1 is 1.14 bits per heavy atom. The number of fused-ring (bicyclic) bond motifs is 1. The van der Waals surface area contributed by atoms with Gasteiger partial charge in [-0.3, -0.25) is 14.5 Å². The van der Waals surface area contributed by atoms with Crippen molar-refractivity contribution in [3.8, 4) is 0 Å². The highest BCUT2D eigenvalue weighted by molar-refractivity contribution is 5.86. The molecule has 1 fully saturated rings. The molecule has 152 valence electrons. The van der Waals surface area contributed by atoms with Crippen LogP contribution in [0.15, 0.2) is 24.3 Å². The molecule has 1 saturated heterocycles. The molecule has 0 aliphatic carbocycles. The van der Waals surface area contributed by atoms with Gasteiger partial charge in [0.15, 0.2) is 0 Å². The molecule has 3 rings (SSSR count). The Labute approximate surface area is 165 Å². The second-order valence-electron chi connectivity index (χ2n) is 7.36. The molecule has 2 heterocycles. The van der Waals surface area contributed by atoms with Crippen molar-refractivity contribution in [1.82, 2.24) is 9.80 Å². The fourth-order valence-corrected chi connectivity index (χ4v) is 4.07. The number of likely N-dealkylation sites (tertiary alicyclic amines) is 1. The maximum Gasteiger partial charge on any atom is 0.328 e. The van der Waals surface area contributed by atoms with Crippen LogP contribution in [-0.2, 0) is 36.8 Å². The summed E-state index contributed by atoms with van der Waals surface area (Å²) in [6.07, 6.45) is 2.09. The van der Waals surface area contributed by atoms with Crippen molar-refractivity contribution in [1.29, 1.82) is 0 Å². The van der Waals surface area contributed by atoms with Gasteiger partial charge < -0.3 is 14.4 Å². The molecule has 0 N–H and O–H groups in total. The summed E-state index contributed by atoms with van der Waals surface area (Å²) in [6, 6.07) is 7.24. The van der Waals surface area contributed by atoms with Gasteiger partial charge in [0.1, 0.15) is 6.04 Å². The number of nitrogens with zero attached hydrogens (tertiary/aromatic N) is 2. The average molecular weight is 388 g/mol. The van der Waals surface area contributed by atoms with Gasteiger partial charge in [0.2, 0.25) is 5.91 Å². The molecule has 0 bridgehead atoms. The zero-order valence-corrected chi connectivity index (χ0v) is 16.6. The molecule has 28 heavy (non-hydrogen) atoms. The summed E-state index contributed by atoms with van der Waals surface area (Å²) in [4.78, 5) is 41.0. The van der Waals surface area contributed by atoms with Gasteiger partial charge in [0.25, 0.3) is 0 Å². The Kier molecular flexibility index (Phi) is 6.67. The topological polar surface area (TPSA) is 76.2 Å². The molecule has 1 amide bonds. The van der Waals surface area contributed by atoms with Gasteiger partial charge in [0.05, 0.1) is 26.2 Å². The fourth-order valence-electron chi connectivity index (χ4n) is 4.07. The van der Waals surface area contributed by atoms with Crippen LogP contribution in [0.4, 0.5) is 0 Å². The lowest BCUT2D eigenvalue weighted by Crippen LogP contribution is -2.53. The predicted octanol–water partition coefficient (Wildman–Crippen LogP) is 1.39. The van der Waals surface area contributed by atoms with Crippen LogP contribution in [0.1, 0.15) is 30.9 Å². The van der Waals surface area contributed by atoms with Gasteiger partial charge in [-0.15, -0.1) is 0 Å². The molecule has 0 aromatic heterocycles. The van der Waals surface area contributed by atoms with Crippen LogP contribution in [-0.4, -0.2) is 67.0 Å². The van der Waals surface area contributed by atoms with E-state index >= 15 is 0 Å². The third-order valence-corrected chi connectivity index (χ3v) is 5.53. The van der Waals surface area contributed by atoms with Crippen molar-refractivity contribution in [2.24, 2.45) is 5.92 Å². The van der Waals surface area contributed by atoms with Crippen LogP contribution in [0.5, 0.6) is 0 Å². The van der Waals surface area contributed by atoms with E-state index in [1.54, 1.807) is 11.8 Å². The lowest BCUT2D eigenvalue weighted by molar-refractivity contribution is -0.155. The van der Waals surface area contributed by atoms with Crippen molar-refractivity contribution in [3.05, 3.63) is 35.4 Å². The first kappa shape index (κ1) is 20.3. The Morgan fingerprint density at radius 2 is 1.89 bits per heavy atom. The minimum atomic E-state index is -0.613. The molecule has 1 aromatic carbocycles. The number of methoxy groups -OCH3 is 1. The Bertz CT molecular complexity index is 735. The number of hydrogen-bond donors (Lipinski definition) is 0. The van der Waals surface area contributed by atoms with Gasteiger partial charge in [-0.05, 0) is 37.4 Å². The first-order valence-corrected chi connectivity index (χ1v) is 9.86. The first-order chi connectivity index (χ1) is 13.5. The van der Waals surface area contributed by atoms with E-state index in [9.17, 15) is 14.4 Å². The molecule has 2 atom stereocenters. The number of esters is 2. The molecule has 0 radical (unpaired) electrons. The maximum atomic E-state index is 13.1. The number of ether oxygens (including phenoxy) is 2. The summed E-state index contributed by atoms with van der Waals surface area (Å²) >= 11 is 0. The van der Waals surface area contributed by atoms with Gasteiger partial charge in [0, 0.05) is 19.5 Å². The zero-order valence-electron chi connectivity index (χ0n) is 16.6. The number of piperidine rings is 1. The van der Waals surface area contributed by atoms with Gasteiger partial charge in [-0.25, -0.2) is 4.79 Å². The van der Waals surface area contributed by atoms with E-state index in [1.807, 2.05) is 29.2 Å². The molecule has 2 aliphatic heterocycles. The van der Waals surface area contributed by atoms with Crippen LogP contribution in [0.3, 0.4) is 0 Å². The lowest BCUT2D eigenvalue weighted by atomic mass is 9.93. The zero-order chi connectivity index (χ0) is 20.1. The van der Waals surface area contributed by atoms with Crippen molar-refractivity contribution in [2.45, 2.75) is 38.8 Å². The van der Waals surface area contributed by atoms with Crippen LogP contribution in [0.25, 0.3) is 0 Å². The Hall–Kier alpha value is -2.41. The molecule has 2 aliphatic rings. The molecular formula is C21H28N2O5. The Balaban J connectivity index is 1.69. The van der Waals surface area contributed by atoms with Crippen molar-refractivity contribution in [3.63, 3.8) is 0 Å². The van der Waals surface area contributed by atoms with E-state index in [0.29, 0.717) is 26.1 Å². The van der Waals surface area contributed by atoms with Gasteiger partial charge in [-0.2, -0.15) is 0 Å². The number of carbonyl (C=O) groups is 3. The summed E-state index contributed by atoms with van der Waals surface area (Å²) in [7, 11) is 1.35. The number of amides is 1. The van der Waals surface area contributed by atoms with Crippen molar-refractivity contribution >= 4 is 17.8 Å². The third-order valence-electron chi connectivity index (χ3n) is 5.53. The summed E-state index contributed by atoms with van der Waals surface area (Å²) in [6.45, 7) is 4.01. The third kappa shape index (κ3) is 4.52. The number of carbonyl (C=O) groups excluding carboxylic acids is 3. The summed E-state index contributed by atoms with van der Waals surface area (Å²) in [5.74, 6) is -0.903. The van der Waals surface area contributed by atoms with E-state index in [2.05, 4.69) is 0 Å². The normalized spacial score (nSPS) is 22.3. The number of hydrogen-bond acceptors (Lipinski definition) is 6. The van der Waals surface area contributed by atoms with Crippen molar-refractivity contribution < 1.29 is 23.9 Å². The highest BCUT2D eigenvalue weighted by Gasteiger charge is 2.36. The maximum absolute atomic E-state index is 13.1. The molecule has 0 saturated carbocycles. The second kappa shape index (κ2) is 9.19. The van der Waals surface area contributed by atoms with Crippen LogP contribution >= 0.6 is 0 Å². The molecular weight excluding hydrogens is 360 g/mol. The fraction of sp³-hybridized carbons (Fsp3) is 0.571. The van der Waals surface area contributed by atoms with Crippen LogP contribution < -0.4 is 0 Å². The number of benzene rings is 1. The minimum Gasteiger partial charge on any atom is -0.467 e. The Morgan fingerprint density at radius 3 is 2.61 bits per heavy atom. The van der Waals surface area contributed by atoms with E-state index in [0.717, 1.165) is 30.5 Å². The van der Waals surface area contributed by atoms with Crippen molar-refractivity contribution in [2.75, 3.05) is 33.4 Å². The predicted molar refractivity (Wildman–Crippen MR) is 102 cm³/mol. The van der Waals surface area contributed by atoms with E-state index < -0.39 is 12.0 Å². The van der Waals surface area contributed by atoms with Crippen LogP contribution in [0.2, 0.25) is 0 Å². The molecule has 0 spiro atoms. The smallest absolute Gasteiger partial charge is 0.328 e. The van der Waals surface area contributed by atoms with E-state index in [4.69, 9.17) is 9.47 Å². The highest BCUT2D eigenvalue weighted by atomic mass is 16.5. The standard InChI is InChI=1S/C21H28N2O5/c1-3-28-20(25)17-9-6-10-22(12-17)14-19(24)23-13-16-8-5-4-7-15(16)11-18(23)21(26)27-2/h4-5,7-8,17-18H,3,6,9-14H2,1-2H3/t17-,18+/m0/s1. The quantitative estimate of drug-likeness (QED) is 0.710. The summed E-state index contributed by atoms with van der Waals surface area (Å²) in [5, 5.41) is 0. The summed E-state index contributed by atoms with van der Waals surface area (Å²) < 4.78 is 10.1. The number of rotatable bonds is 5. The van der Waals surface area contributed by atoms with Gasteiger partial charge in [-0.1, -0.05) is 24.3 Å². The highest BCUT2D eigenvalue weighted by Crippen LogP contribution is 2.25. The molecule has 7 heteroatoms. The first-order valence-electron chi connectivity index (χ1n) is 9.86. The van der Waals surface area contributed by atoms with Crippen LogP contribution in [0, 0.1) is 5.92 Å². The SMILES string of the molecule is CCOC(=O)[C@H]1CCCN(CC(=O)N2Cc3ccccc3C[C@@H]2C(=O)OC)C1. The monoisotopic (exact) mass is 388 g/mol. The largest absolute Gasteiger partial charge is 0.467 e. The molecule has 7 nitrogen and oxygen atoms in total.